The molecule has 1 atom stereocenters. The number of hydrogen-bond acceptors (Lipinski definition) is 7. The molecule has 3 amide bonds. The van der Waals surface area contributed by atoms with Gasteiger partial charge in [-0.15, -0.1) is 13.2 Å². The first-order valence-corrected chi connectivity index (χ1v) is 10.0. The van der Waals surface area contributed by atoms with E-state index in [0.29, 0.717) is 12.3 Å². The minimum Gasteiger partial charge on any atom is -0.497 e. The van der Waals surface area contributed by atoms with Crippen LogP contribution in [0.1, 0.15) is 0 Å². The summed E-state index contributed by atoms with van der Waals surface area (Å²) in [5.41, 5.74) is 0.933. The molecule has 0 spiro atoms. The Bertz CT molecular complexity index is 1130. The van der Waals surface area contributed by atoms with Crippen molar-refractivity contribution in [1.29, 1.82) is 0 Å². The van der Waals surface area contributed by atoms with E-state index in [9.17, 15) is 27.6 Å². The molecule has 2 aliphatic heterocycles. The number of ether oxygens (including phenoxy) is 2. The fourth-order valence-corrected chi connectivity index (χ4v) is 3.58. The van der Waals surface area contributed by atoms with Gasteiger partial charge in [0.25, 0.3) is 18.7 Å². The van der Waals surface area contributed by atoms with Crippen LogP contribution in [0.3, 0.4) is 0 Å². The van der Waals surface area contributed by atoms with E-state index in [1.165, 1.54) is 17.0 Å². The monoisotopic (exact) mass is 478 g/mol. The van der Waals surface area contributed by atoms with Gasteiger partial charge in [-0.05, 0) is 53.2 Å². The van der Waals surface area contributed by atoms with E-state index < -0.39 is 42.7 Å². The van der Waals surface area contributed by atoms with Gasteiger partial charge in [0.05, 0.1) is 7.11 Å². The summed E-state index contributed by atoms with van der Waals surface area (Å²) in [7, 11) is 1.54. The Morgan fingerprint density at radius 1 is 1.06 bits per heavy atom. The number of carbonyl (C=O) groups is 3. The lowest BCUT2D eigenvalue weighted by Crippen LogP contribution is -2.52. The van der Waals surface area contributed by atoms with E-state index in [0.717, 1.165) is 22.5 Å². The SMILES string of the molecule is COc1ccc(N2CCN3C(=O)C(=O)[N+](CC(=O)Nc4ccc(OC(F)(F)F)cc4)=NC32)cc1. The zero-order valence-electron chi connectivity index (χ0n) is 17.8. The zero-order chi connectivity index (χ0) is 24.5. The Morgan fingerprint density at radius 3 is 2.29 bits per heavy atom. The Labute approximate surface area is 191 Å². The topological polar surface area (TPSA) is 104 Å². The predicted octanol–water partition coefficient (Wildman–Crippen LogP) is 2.17. The van der Waals surface area contributed by atoms with Crippen molar-refractivity contribution in [2.75, 3.05) is 37.0 Å². The van der Waals surface area contributed by atoms with Gasteiger partial charge in [0.15, 0.2) is 0 Å². The first-order chi connectivity index (χ1) is 16.1. The molecule has 0 aromatic heterocycles. The van der Waals surface area contributed by atoms with Crippen LogP contribution in [0.25, 0.3) is 0 Å². The molecule has 1 fully saturated rings. The predicted molar refractivity (Wildman–Crippen MR) is 110 cm³/mol. The molecule has 178 valence electrons. The van der Waals surface area contributed by atoms with Gasteiger partial charge in [0, 0.05) is 29.6 Å². The standard InChI is InChI=1S/C21H18F3N5O5/c1-33-15-8-4-14(5-9-15)27-10-11-28-18(31)19(32)29(26-20(27)28)12-17(30)25-13-2-6-16(7-3-13)34-21(22,23)24/h2-9,20H,10-12H2,1H3/p+1. The quantitative estimate of drug-likeness (QED) is 0.504. The number of amides is 3. The Hall–Kier alpha value is -4.16. The second kappa shape index (κ2) is 9.00. The maximum Gasteiger partial charge on any atom is 0.573 e. The molecule has 13 heteroatoms. The highest BCUT2D eigenvalue weighted by Crippen LogP contribution is 2.28. The molecule has 1 unspecified atom stereocenters. The number of rotatable bonds is 6. The number of benzene rings is 2. The minimum atomic E-state index is -4.83. The van der Waals surface area contributed by atoms with Crippen molar-refractivity contribution in [1.82, 2.24) is 4.90 Å². The summed E-state index contributed by atoms with van der Waals surface area (Å²) in [6, 6.07) is 11.6. The highest BCUT2D eigenvalue weighted by atomic mass is 19.4. The van der Waals surface area contributed by atoms with Crippen molar-refractivity contribution in [3.63, 3.8) is 0 Å². The Morgan fingerprint density at radius 2 is 1.68 bits per heavy atom. The van der Waals surface area contributed by atoms with Crippen LogP contribution in [0.15, 0.2) is 53.6 Å². The molecule has 0 radical (unpaired) electrons. The van der Waals surface area contributed by atoms with Gasteiger partial charge in [-0.2, -0.15) is 0 Å². The normalized spacial score (nSPS) is 17.9. The van der Waals surface area contributed by atoms with Gasteiger partial charge >= 0.3 is 18.2 Å². The van der Waals surface area contributed by atoms with Crippen LogP contribution in [-0.4, -0.2) is 66.7 Å². The van der Waals surface area contributed by atoms with Crippen molar-refractivity contribution < 1.29 is 41.7 Å². The molecule has 2 aromatic rings. The third-order valence-electron chi connectivity index (χ3n) is 5.13. The molecule has 0 aliphatic carbocycles. The highest BCUT2D eigenvalue weighted by Gasteiger charge is 2.49. The third kappa shape index (κ3) is 4.92. The van der Waals surface area contributed by atoms with Gasteiger partial charge in [0.1, 0.15) is 11.5 Å². The summed E-state index contributed by atoms with van der Waals surface area (Å²) in [6.45, 7) is 0.176. The van der Waals surface area contributed by atoms with E-state index in [1.807, 2.05) is 4.90 Å². The molecule has 2 heterocycles. The fourth-order valence-electron chi connectivity index (χ4n) is 3.58. The lowest BCUT2D eigenvalue weighted by atomic mass is 10.3. The van der Waals surface area contributed by atoms with Crippen LogP contribution >= 0.6 is 0 Å². The molecule has 1 saturated heterocycles. The van der Waals surface area contributed by atoms with Gasteiger partial charge in [-0.3, -0.25) is 14.5 Å². The maximum atomic E-state index is 12.6. The maximum absolute atomic E-state index is 12.6. The average Bonchev–Trinajstić information content (AvgIpc) is 3.21. The summed E-state index contributed by atoms with van der Waals surface area (Å²) in [5, 5.41) is 6.74. The van der Waals surface area contributed by atoms with Crippen LogP contribution in [-0.2, 0) is 14.4 Å². The minimum absolute atomic E-state index is 0.178. The smallest absolute Gasteiger partial charge is 0.497 e. The zero-order valence-corrected chi connectivity index (χ0v) is 17.8. The molecule has 10 nitrogen and oxygen atoms in total. The van der Waals surface area contributed by atoms with Crippen molar-refractivity contribution in [2.24, 2.45) is 5.11 Å². The average molecular weight is 478 g/mol. The van der Waals surface area contributed by atoms with Crippen LogP contribution < -0.4 is 19.7 Å². The number of nitrogens with zero attached hydrogens (tertiary/aromatic N) is 4. The largest absolute Gasteiger partial charge is 0.573 e. The van der Waals surface area contributed by atoms with E-state index in [1.54, 1.807) is 31.4 Å². The molecule has 4 rings (SSSR count). The number of carbonyl (C=O) groups excluding carboxylic acids is 3. The summed E-state index contributed by atoms with van der Waals surface area (Å²) >= 11 is 0. The Kier molecular flexibility index (Phi) is 6.09. The fraction of sp³-hybridized carbons (Fsp3) is 0.286. The molecular weight excluding hydrogens is 459 g/mol. The second-order valence-electron chi connectivity index (χ2n) is 7.34. The second-order valence-corrected chi connectivity index (χ2v) is 7.34. The van der Waals surface area contributed by atoms with Crippen LogP contribution in [0.2, 0.25) is 0 Å². The third-order valence-corrected chi connectivity index (χ3v) is 5.13. The number of azo groups is 2. The Balaban J connectivity index is 1.46. The molecule has 2 aliphatic rings. The van der Waals surface area contributed by atoms with E-state index >= 15 is 0 Å². The van der Waals surface area contributed by atoms with E-state index in [4.69, 9.17) is 4.74 Å². The number of fused-ring (bicyclic) bond motifs is 1. The molecule has 1 N–H and O–H groups in total. The first kappa shape index (κ1) is 23.0. The molecular formula is C21H19F3N5O5+. The van der Waals surface area contributed by atoms with Gasteiger partial charge in [-0.25, -0.2) is 4.79 Å². The van der Waals surface area contributed by atoms with Crippen molar-refractivity contribution in [3.8, 4) is 11.5 Å². The molecule has 0 bridgehead atoms. The molecule has 34 heavy (non-hydrogen) atoms. The van der Waals surface area contributed by atoms with E-state index in [-0.39, 0.29) is 12.2 Å². The van der Waals surface area contributed by atoms with Gasteiger partial charge in [-0.1, -0.05) is 0 Å². The van der Waals surface area contributed by atoms with Crippen molar-refractivity contribution in [2.45, 2.75) is 12.7 Å². The summed E-state index contributed by atoms with van der Waals surface area (Å²) in [5.74, 6) is -2.20. The van der Waals surface area contributed by atoms with Crippen molar-refractivity contribution in [3.05, 3.63) is 48.5 Å². The number of hydrogen-bond donors (Lipinski definition) is 1. The highest BCUT2D eigenvalue weighted by molar-refractivity contribution is 6.32. The van der Waals surface area contributed by atoms with E-state index in [2.05, 4.69) is 15.2 Å². The lowest BCUT2D eigenvalue weighted by Gasteiger charge is -2.27. The number of alkyl halides is 3. The van der Waals surface area contributed by atoms with Crippen molar-refractivity contribution >= 4 is 29.1 Å². The number of halogens is 3. The number of anilines is 2. The lowest BCUT2D eigenvalue weighted by molar-refractivity contribution is -0.509. The summed E-state index contributed by atoms with van der Waals surface area (Å²) in [4.78, 5) is 40.6. The van der Waals surface area contributed by atoms with Gasteiger partial charge < -0.3 is 19.7 Å². The van der Waals surface area contributed by atoms with Crippen LogP contribution in [0.5, 0.6) is 11.5 Å². The first-order valence-electron chi connectivity index (χ1n) is 10.0. The molecule has 0 saturated carbocycles. The summed E-state index contributed by atoms with van der Waals surface area (Å²) < 4.78 is 46.5. The van der Waals surface area contributed by atoms with Gasteiger partial charge in [0.2, 0.25) is 0 Å². The van der Waals surface area contributed by atoms with Crippen LogP contribution in [0.4, 0.5) is 24.5 Å². The number of nitrogens with one attached hydrogen (secondary N) is 1. The van der Waals surface area contributed by atoms with Crippen LogP contribution in [0, 0.1) is 0 Å². The molecule has 2 aromatic carbocycles. The number of methoxy groups -OCH3 is 1. The summed E-state index contributed by atoms with van der Waals surface area (Å²) in [6.07, 6.45) is -5.63.